The van der Waals surface area contributed by atoms with Crippen molar-refractivity contribution in [2.45, 2.75) is 62.2 Å². The molecule has 2 aromatic carbocycles. The van der Waals surface area contributed by atoms with Crippen LogP contribution in [-0.2, 0) is 57.2 Å². The first-order chi connectivity index (χ1) is 10.00. The van der Waals surface area contributed by atoms with Crippen LogP contribution in [0.2, 0.25) is 0 Å². The molecule has 0 aliphatic carbocycles. The van der Waals surface area contributed by atoms with Crippen LogP contribution in [0.5, 0.6) is 0 Å². The van der Waals surface area contributed by atoms with Gasteiger partial charge in [-0.3, -0.25) is 0 Å². The predicted octanol–water partition coefficient (Wildman–Crippen LogP) is 5.78. The Morgan fingerprint density at radius 1 is 0.522 bits per heavy atom. The molecule has 2 aromatic rings. The summed E-state index contributed by atoms with van der Waals surface area (Å²) in [7, 11) is 0. The van der Waals surface area contributed by atoms with E-state index in [4.69, 9.17) is 25.3 Å². The third kappa shape index (κ3) is 8.29. The molecule has 0 unspecified atom stereocenters. The molecule has 3 heteroatoms. The van der Waals surface area contributed by atoms with Gasteiger partial charge in [-0.15, -0.1) is 0 Å². The molecule has 128 valence electrons. The van der Waals surface area contributed by atoms with Crippen LogP contribution in [0.25, 0.3) is 0 Å². The number of hydrogen-bond donors (Lipinski definition) is 0. The first kappa shape index (κ1) is 22.6. The molecule has 0 nitrogen and oxygen atoms in total. The van der Waals surface area contributed by atoms with Crippen LogP contribution in [0, 0.1) is 0 Å². The van der Waals surface area contributed by atoms with E-state index in [9.17, 15) is 0 Å². The van der Waals surface area contributed by atoms with Crippen LogP contribution in [0.1, 0.15) is 52.7 Å². The smallest absolute Gasteiger partial charge is 0.780 e. The SMILES string of the molecule is CC(C)(C)c1ccc([S-])cc1.CC(C)(C)c1ccc([S-])cc1.[Pt+2]. The van der Waals surface area contributed by atoms with E-state index < -0.39 is 0 Å². The fraction of sp³-hybridized carbons (Fsp3) is 0.400. The Bertz CT molecular complexity index is 518. The van der Waals surface area contributed by atoms with Gasteiger partial charge in [-0.25, -0.2) is 0 Å². The molecular weight excluding hydrogens is 499 g/mol. The van der Waals surface area contributed by atoms with Gasteiger partial charge in [0.15, 0.2) is 0 Å². The summed E-state index contributed by atoms with van der Waals surface area (Å²) in [6.07, 6.45) is 0. The van der Waals surface area contributed by atoms with Gasteiger partial charge in [0.2, 0.25) is 0 Å². The Morgan fingerprint density at radius 2 is 0.739 bits per heavy atom. The average Bonchev–Trinajstić information content (AvgIpc) is 2.38. The molecule has 0 fully saturated rings. The fourth-order valence-corrected chi connectivity index (χ4v) is 2.18. The Labute approximate surface area is 167 Å². The van der Waals surface area contributed by atoms with Crippen LogP contribution in [0.4, 0.5) is 0 Å². The van der Waals surface area contributed by atoms with Gasteiger partial charge in [0, 0.05) is 0 Å². The molecular formula is C20H26PtS2. The molecule has 2 rings (SSSR count). The molecule has 0 heterocycles. The molecule has 23 heavy (non-hydrogen) atoms. The van der Waals surface area contributed by atoms with Crippen LogP contribution >= 0.6 is 0 Å². The van der Waals surface area contributed by atoms with Crippen molar-refractivity contribution in [1.82, 2.24) is 0 Å². The van der Waals surface area contributed by atoms with Gasteiger partial charge in [0.05, 0.1) is 0 Å². The maximum atomic E-state index is 4.99. The summed E-state index contributed by atoms with van der Waals surface area (Å²) in [4.78, 5) is 1.83. The van der Waals surface area contributed by atoms with Crippen molar-refractivity contribution in [2.24, 2.45) is 0 Å². The van der Waals surface area contributed by atoms with Crippen LogP contribution < -0.4 is 0 Å². The van der Waals surface area contributed by atoms with Crippen LogP contribution in [0.15, 0.2) is 58.3 Å². The zero-order chi connectivity index (χ0) is 17.0. The standard InChI is InChI=1S/2C10H14S.Pt/c2*1-10(2,3)8-4-6-9(11)7-5-8;/h2*4-7,11H,1-3H3;/q;;+2/p-2. The second-order valence-electron chi connectivity index (χ2n) is 7.55. The van der Waals surface area contributed by atoms with Crippen molar-refractivity contribution in [1.29, 1.82) is 0 Å². The predicted molar refractivity (Wildman–Crippen MR) is 102 cm³/mol. The van der Waals surface area contributed by atoms with E-state index in [0.717, 1.165) is 9.79 Å². The molecule has 0 aliphatic heterocycles. The molecule has 0 N–H and O–H groups in total. The minimum atomic E-state index is 0. The van der Waals surface area contributed by atoms with Gasteiger partial charge in [0.25, 0.3) is 0 Å². The van der Waals surface area contributed by atoms with Crippen molar-refractivity contribution in [3.63, 3.8) is 0 Å². The molecule has 0 saturated carbocycles. The summed E-state index contributed by atoms with van der Waals surface area (Å²) in [6.45, 7) is 13.2. The van der Waals surface area contributed by atoms with E-state index in [1.807, 2.05) is 24.3 Å². The Morgan fingerprint density at radius 3 is 0.913 bits per heavy atom. The quantitative estimate of drug-likeness (QED) is 0.400. The first-order valence-electron chi connectivity index (χ1n) is 7.55. The Balaban J connectivity index is 0.000000403. The molecule has 0 saturated heterocycles. The summed E-state index contributed by atoms with van der Waals surface area (Å²) >= 11 is 9.99. The second kappa shape index (κ2) is 9.16. The van der Waals surface area contributed by atoms with Crippen LogP contribution in [-0.4, -0.2) is 0 Å². The van der Waals surface area contributed by atoms with E-state index >= 15 is 0 Å². The summed E-state index contributed by atoms with van der Waals surface area (Å²) in [6, 6.07) is 16.3. The zero-order valence-electron chi connectivity index (χ0n) is 14.8. The van der Waals surface area contributed by atoms with Crippen molar-refractivity contribution < 1.29 is 21.1 Å². The number of rotatable bonds is 0. The summed E-state index contributed by atoms with van der Waals surface area (Å²) < 4.78 is 0. The third-order valence-corrected chi connectivity index (χ3v) is 3.99. The van der Waals surface area contributed by atoms with Crippen molar-refractivity contribution >= 4 is 25.3 Å². The van der Waals surface area contributed by atoms with Crippen molar-refractivity contribution in [3.05, 3.63) is 59.7 Å². The third-order valence-electron chi connectivity index (χ3n) is 3.44. The van der Waals surface area contributed by atoms with E-state index in [1.165, 1.54) is 11.1 Å². The Kier molecular flexibility index (Phi) is 8.98. The summed E-state index contributed by atoms with van der Waals surface area (Å²) in [5, 5.41) is 0. The van der Waals surface area contributed by atoms with Gasteiger partial charge in [0.1, 0.15) is 0 Å². The van der Waals surface area contributed by atoms with Gasteiger partial charge >= 0.3 is 21.1 Å². The summed E-state index contributed by atoms with van der Waals surface area (Å²) in [5.41, 5.74) is 3.16. The zero-order valence-corrected chi connectivity index (χ0v) is 18.7. The van der Waals surface area contributed by atoms with E-state index in [0.29, 0.717) is 0 Å². The average molecular weight is 526 g/mol. The van der Waals surface area contributed by atoms with Crippen molar-refractivity contribution in [3.8, 4) is 0 Å². The van der Waals surface area contributed by atoms with E-state index in [-0.39, 0.29) is 31.9 Å². The fourth-order valence-electron chi connectivity index (χ4n) is 1.91. The molecule has 0 bridgehead atoms. The largest absolute Gasteiger partial charge is 2.00 e. The monoisotopic (exact) mass is 525 g/mol. The molecule has 0 atom stereocenters. The van der Waals surface area contributed by atoms with Gasteiger partial charge in [-0.2, -0.15) is 9.79 Å². The molecule has 0 amide bonds. The van der Waals surface area contributed by atoms with Gasteiger partial charge < -0.3 is 25.3 Å². The Hall–Kier alpha value is -0.432. The second-order valence-corrected chi connectivity index (χ2v) is 8.49. The normalized spacial score (nSPS) is 11.0. The van der Waals surface area contributed by atoms with Gasteiger partial charge in [-0.05, 0) is 22.0 Å². The number of benzene rings is 2. The molecule has 0 aliphatic rings. The minimum absolute atomic E-state index is 0. The topological polar surface area (TPSA) is 0 Å². The maximum Gasteiger partial charge on any atom is 2.00 e. The maximum absolute atomic E-state index is 4.99. The van der Waals surface area contributed by atoms with E-state index in [1.54, 1.807) is 0 Å². The van der Waals surface area contributed by atoms with Crippen LogP contribution in [0.3, 0.4) is 0 Å². The van der Waals surface area contributed by atoms with E-state index in [2.05, 4.69) is 65.8 Å². The molecule has 0 spiro atoms. The molecule has 0 aromatic heterocycles. The molecule has 0 radical (unpaired) electrons. The first-order valence-corrected chi connectivity index (χ1v) is 8.37. The van der Waals surface area contributed by atoms with Crippen molar-refractivity contribution in [2.75, 3.05) is 0 Å². The summed E-state index contributed by atoms with van der Waals surface area (Å²) in [5.74, 6) is 0. The number of hydrogen-bond acceptors (Lipinski definition) is 2. The van der Waals surface area contributed by atoms with Gasteiger partial charge in [-0.1, -0.05) is 90.1 Å². The minimum Gasteiger partial charge on any atom is -0.780 e.